The van der Waals surface area contributed by atoms with Gasteiger partial charge in [0.1, 0.15) is 5.69 Å². The van der Waals surface area contributed by atoms with E-state index in [-0.39, 0.29) is 5.16 Å². The molecule has 2 aromatic rings. The van der Waals surface area contributed by atoms with Gasteiger partial charge >= 0.3 is 0 Å². The zero-order valence-electron chi connectivity index (χ0n) is 8.84. The van der Waals surface area contributed by atoms with Gasteiger partial charge in [-0.1, -0.05) is 0 Å². The second kappa shape index (κ2) is 3.71. The molecule has 0 aromatic carbocycles. The molecule has 5 nitrogen and oxygen atoms in total. The standard InChI is InChI=1S/C10H10N2O3S/c1-7-6-8(9-4-3-5-15-9)12-10(11-7)16(2,13)14/h3-6H,1-2H3. The van der Waals surface area contributed by atoms with Gasteiger partial charge in [0.15, 0.2) is 5.76 Å². The zero-order chi connectivity index (χ0) is 11.8. The molecule has 2 aromatic heterocycles. The first-order valence-corrected chi connectivity index (χ1v) is 6.45. The molecule has 0 amide bonds. The molecule has 0 aliphatic heterocycles. The molecule has 2 rings (SSSR count). The van der Waals surface area contributed by atoms with Crippen molar-refractivity contribution in [2.45, 2.75) is 12.1 Å². The molecule has 0 fully saturated rings. The lowest BCUT2D eigenvalue weighted by atomic mass is 10.3. The van der Waals surface area contributed by atoms with E-state index in [0.29, 0.717) is 17.1 Å². The lowest BCUT2D eigenvalue weighted by Gasteiger charge is -2.01. The first-order valence-electron chi connectivity index (χ1n) is 4.56. The molecule has 0 spiro atoms. The number of aromatic nitrogens is 2. The molecule has 0 aliphatic carbocycles. The van der Waals surface area contributed by atoms with Crippen LogP contribution in [0.1, 0.15) is 5.69 Å². The summed E-state index contributed by atoms with van der Waals surface area (Å²) in [6.45, 7) is 1.71. The van der Waals surface area contributed by atoms with E-state index in [9.17, 15) is 8.42 Å². The van der Waals surface area contributed by atoms with Crippen molar-refractivity contribution in [3.63, 3.8) is 0 Å². The average molecular weight is 238 g/mol. The van der Waals surface area contributed by atoms with Crippen LogP contribution in [0, 0.1) is 6.92 Å². The van der Waals surface area contributed by atoms with Gasteiger partial charge in [-0.25, -0.2) is 18.4 Å². The van der Waals surface area contributed by atoms with Gasteiger partial charge in [0.05, 0.1) is 6.26 Å². The Morgan fingerprint density at radius 1 is 1.31 bits per heavy atom. The van der Waals surface area contributed by atoms with Crippen LogP contribution in [0.4, 0.5) is 0 Å². The Bertz CT molecular complexity index is 603. The third-order valence-electron chi connectivity index (χ3n) is 1.94. The van der Waals surface area contributed by atoms with Crippen LogP contribution in [0.15, 0.2) is 34.0 Å². The topological polar surface area (TPSA) is 73.1 Å². The van der Waals surface area contributed by atoms with Crippen molar-refractivity contribution in [1.29, 1.82) is 0 Å². The summed E-state index contributed by atoms with van der Waals surface area (Å²) in [4.78, 5) is 7.83. The highest BCUT2D eigenvalue weighted by atomic mass is 32.2. The van der Waals surface area contributed by atoms with Gasteiger partial charge in [0.2, 0.25) is 15.0 Å². The molecule has 16 heavy (non-hydrogen) atoms. The minimum absolute atomic E-state index is 0.182. The van der Waals surface area contributed by atoms with E-state index in [1.54, 1.807) is 25.1 Å². The van der Waals surface area contributed by atoms with Gasteiger partial charge in [-0.3, -0.25) is 0 Å². The Labute approximate surface area is 93.1 Å². The summed E-state index contributed by atoms with van der Waals surface area (Å²) in [5.74, 6) is 0.524. The van der Waals surface area contributed by atoms with Crippen LogP contribution < -0.4 is 0 Å². The van der Waals surface area contributed by atoms with E-state index in [4.69, 9.17) is 4.42 Å². The molecule has 0 unspecified atom stereocenters. The van der Waals surface area contributed by atoms with Crippen molar-refractivity contribution >= 4 is 9.84 Å². The highest BCUT2D eigenvalue weighted by molar-refractivity contribution is 7.90. The van der Waals surface area contributed by atoms with Crippen LogP contribution >= 0.6 is 0 Å². The number of hydrogen-bond donors (Lipinski definition) is 0. The molecule has 0 bridgehead atoms. The molecule has 0 saturated carbocycles. The van der Waals surface area contributed by atoms with E-state index >= 15 is 0 Å². The molecule has 2 heterocycles. The second-order valence-corrected chi connectivity index (χ2v) is 5.34. The van der Waals surface area contributed by atoms with Crippen LogP contribution in [0.25, 0.3) is 11.5 Å². The predicted octanol–water partition coefficient (Wildman–Crippen LogP) is 1.45. The fourth-order valence-electron chi connectivity index (χ4n) is 1.26. The van der Waals surface area contributed by atoms with Gasteiger partial charge in [0, 0.05) is 11.9 Å². The average Bonchev–Trinajstić information content (AvgIpc) is 2.68. The number of aryl methyl sites for hydroxylation is 1. The van der Waals surface area contributed by atoms with Crippen LogP contribution in [0.3, 0.4) is 0 Å². The fraction of sp³-hybridized carbons (Fsp3) is 0.200. The number of nitrogens with zero attached hydrogens (tertiary/aromatic N) is 2. The highest BCUT2D eigenvalue weighted by Crippen LogP contribution is 2.19. The lowest BCUT2D eigenvalue weighted by Crippen LogP contribution is -2.05. The summed E-state index contributed by atoms with van der Waals surface area (Å²) in [6, 6.07) is 5.11. The van der Waals surface area contributed by atoms with E-state index in [1.165, 1.54) is 6.26 Å². The Morgan fingerprint density at radius 2 is 2.06 bits per heavy atom. The van der Waals surface area contributed by atoms with Gasteiger partial charge in [-0.15, -0.1) is 0 Å². The van der Waals surface area contributed by atoms with Crippen molar-refractivity contribution in [2.24, 2.45) is 0 Å². The van der Waals surface area contributed by atoms with Crippen molar-refractivity contribution in [3.8, 4) is 11.5 Å². The summed E-state index contributed by atoms with van der Waals surface area (Å²) < 4.78 is 27.9. The summed E-state index contributed by atoms with van der Waals surface area (Å²) >= 11 is 0. The summed E-state index contributed by atoms with van der Waals surface area (Å²) in [5.41, 5.74) is 1.06. The first kappa shape index (κ1) is 10.8. The van der Waals surface area contributed by atoms with Gasteiger partial charge in [0.25, 0.3) is 0 Å². The smallest absolute Gasteiger partial charge is 0.247 e. The number of hydrogen-bond acceptors (Lipinski definition) is 5. The van der Waals surface area contributed by atoms with E-state index in [1.807, 2.05) is 0 Å². The summed E-state index contributed by atoms with van der Waals surface area (Å²) in [7, 11) is -3.40. The number of sulfone groups is 1. The molecule has 0 N–H and O–H groups in total. The van der Waals surface area contributed by atoms with Gasteiger partial charge in [-0.05, 0) is 25.1 Å². The monoisotopic (exact) mass is 238 g/mol. The van der Waals surface area contributed by atoms with Crippen molar-refractivity contribution < 1.29 is 12.8 Å². The third kappa shape index (κ3) is 2.11. The summed E-state index contributed by atoms with van der Waals surface area (Å²) in [6.07, 6.45) is 2.58. The van der Waals surface area contributed by atoms with E-state index in [2.05, 4.69) is 9.97 Å². The largest absolute Gasteiger partial charge is 0.463 e. The zero-order valence-corrected chi connectivity index (χ0v) is 9.65. The highest BCUT2D eigenvalue weighted by Gasteiger charge is 2.14. The van der Waals surface area contributed by atoms with Crippen LogP contribution in [-0.2, 0) is 9.84 Å². The van der Waals surface area contributed by atoms with Gasteiger partial charge in [-0.2, -0.15) is 0 Å². The molecular weight excluding hydrogens is 228 g/mol. The van der Waals surface area contributed by atoms with Crippen LogP contribution in [0.2, 0.25) is 0 Å². The quantitative estimate of drug-likeness (QED) is 0.740. The maximum absolute atomic E-state index is 11.4. The Morgan fingerprint density at radius 3 is 2.62 bits per heavy atom. The molecule has 0 atom stereocenters. The lowest BCUT2D eigenvalue weighted by molar-refractivity contribution is 0.575. The molecule has 6 heteroatoms. The van der Waals surface area contributed by atoms with Gasteiger partial charge < -0.3 is 4.42 Å². The summed E-state index contributed by atoms with van der Waals surface area (Å²) in [5, 5.41) is -0.182. The number of rotatable bonds is 2. The molecule has 84 valence electrons. The SMILES string of the molecule is Cc1cc(-c2ccco2)nc(S(C)(=O)=O)n1. The minimum atomic E-state index is -3.40. The van der Waals surface area contributed by atoms with Crippen LogP contribution in [0.5, 0.6) is 0 Å². The first-order chi connectivity index (χ1) is 7.47. The second-order valence-electron chi connectivity index (χ2n) is 3.43. The Kier molecular flexibility index (Phi) is 2.51. The molecule has 0 radical (unpaired) electrons. The Balaban J connectivity index is 2.62. The number of furan rings is 1. The van der Waals surface area contributed by atoms with Crippen LogP contribution in [-0.4, -0.2) is 24.6 Å². The third-order valence-corrected chi connectivity index (χ3v) is 2.78. The maximum atomic E-state index is 11.4. The minimum Gasteiger partial charge on any atom is -0.463 e. The van der Waals surface area contributed by atoms with Crippen molar-refractivity contribution in [1.82, 2.24) is 9.97 Å². The molecular formula is C10H10N2O3S. The van der Waals surface area contributed by atoms with E-state index < -0.39 is 9.84 Å². The fourth-order valence-corrected chi connectivity index (χ4v) is 1.83. The van der Waals surface area contributed by atoms with E-state index in [0.717, 1.165) is 6.26 Å². The molecule has 0 aliphatic rings. The van der Waals surface area contributed by atoms with Crippen molar-refractivity contribution in [3.05, 3.63) is 30.2 Å². The maximum Gasteiger partial charge on any atom is 0.247 e. The predicted molar refractivity (Wildman–Crippen MR) is 57.6 cm³/mol. The molecule has 0 saturated heterocycles. The van der Waals surface area contributed by atoms with Crippen molar-refractivity contribution in [2.75, 3.05) is 6.26 Å². The normalized spacial score (nSPS) is 11.6. The Hall–Kier alpha value is -1.69.